The van der Waals surface area contributed by atoms with Crippen molar-refractivity contribution in [3.8, 4) is 17.2 Å². The van der Waals surface area contributed by atoms with E-state index in [4.69, 9.17) is 9.47 Å². The van der Waals surface area contributed by atoms with Gasteiger partial charge in [-0.05, 0) is 36.2 Å². The van der Waals surface area contributed by atoms with Gasteiger partial charge in [0, 0.05) is 6.54 Å². The molecule has 0 radical (unpaired) electrons. The van der Waals surface area contributed by atoms with Gasteiger partial charge in [0.1, 0.15) is 5.75 Å². The fourth-order valence-electron chi connectivity index (χ4n) is 2.17. The molecule has 2 aromatic carbocycles. The maximum atomic E-state index is 12.1. The zero-order valence-corrected chi connectivity index (χ0v) is 11.6. The van der Waals surface area contributed by atoms with E-state index in [9.17, 15) is 9.90 Å². The highest BCUT2D eigenvalue weighted by molar-refractivity contribution is 5.97. The molecule has 1 aliphatic heterocycles. The maximum absolute atomic E-state index is 12.1. The topological polar surface area (TPSA) is 67.8 Å². The van der Waals surface area contributed by atoms with Crippen molar-refractivity contribution in [2.45, 2.75) is 13.5 Å². The van der Waals surface area contributed by atoms with E-state index in [0.717, 1.165) is 5.56 Å². The van der Waals surface area contributed by atoms with E-state index in [0.29, 0.717) is 23.6 Å². The Morgan fingerprint density at radius 2 is 2.05 bits per heavy atom. The molecular weight excluding hydrogens is 270 g/mol. The van der Waals surface area contributed by atoms with Crippen molar-refractivity contribution < 1.29 is 19.4 Å². The molecular formula is C16H15NO4. The second-order valence-corrected chi connectivity index (χ2v) is 4.84. The normalized spacial score (nSPS) is 12.2. The van der Waals surface area contributed by atoms with Crippen molar-refractivity contribution in [3.05, 3.63) is 53.1 Å². The van der Waals surface area contributed by atoms with Gasteiger partial charge in [0.15, 0.2) is 11.5 Å². The van der Waals surface area contributed by atoms with Crippen LogP contribution < -0.4 is 14.8 Å². The van der Waals surface area contributed by atoms with Crippen LogP contribution in [0.3, 0.4) is 0 Å². The number of phenols is 1. The molecule has 5 nitrogen and oxygen atoms in total. The number of para-hydroxylation sites is 1. The van der Waals surface area contributed by atoms with Gasteiger partial charge in [0.2, 0.25) is 6.79 Å². The highest BCUT2D eigenvalue weighted by Gasteiger charge is 2.15. The summed E-state index contributed by atoms with van der Waals surface area (Å²) < 4.78 is 10.5. The zero-order valence-electron chi connectivity index (χ0n) is 11.6. The lowest BCUT2D eigenvalue weighted by Crippen LogP contribution is -2.23. The summed E-state index contributed by atoms with van der Waals surface area (Å²) in [5, 5.41) is 12.7. The van der Waals surface area contributed by atoms with Crippen LogP contribution in [0.25, 0.3) is 0 Å². The Hall–Kier alpha value is -2.69. The molecule has 0 saturated carbocycles. The molecule has 0 fully saturated rings. The molecule has 0 atom stereocenters. The van der Waals surface area contributed by atoms with Crippen LogP contribution in [0.4, 0.5) is 0 Å². The minimum Gasteiger partial charge on any atom is -0.507 e. The molecule has 0 aromatic heterocycles. The van der Waals surface area contributed by atoms with Crippen LogP contribution in [0.1, 0.15) is 21.5 Å². The molecule has 1 aliphatic rings. The first-order valence-electron chi connectivity index (χ1n) is 6.60. The van der Waals surface area contributed by atoms with Crippen molar-refractivity contribution in [1.29, 1.82) is 0 Å². The quantitative estimate of drug-likeness (QED) is 0.908. The van der Waals surface area contributed by atoms with Gasteiger partial charge in [-0.3, -0.25) is 4.79 Å². The predicted molar refractivity (Wildman–Crippen MR) is 76.6 cm³/mol. The molecule has 0 aliphatic carbocycles. The average Bonchev–Trinajstić information content (AvgIpc) is 2.95. The van der Waals surface area contributed by atoms with Crippen LogP contribution in [0, 0.1) is 6.92 Å². The third-order valence-electron chi connectivity index (χ3n) is 3.37. The van der Waals surface area contributed by atoms with E-state index in [2.05, 4.69) is 5.32 Å². The van der Waals surface area contributed by atoms with Gasteiger partial charge in [-0.15, -0.1) is 0 Å². The number of carbonyl (C=O) groups is 1. The summed E-state index contributed by atoms with van der Waals surface area (Å²) >= 11 is 0. The van der Waals surface area contributed by atoms with E-state index in [1.165, 1.54) is 0 Å². The molecule has 2 aromatic rings. The number of aryl methyl sites for hydroxylation is 1. The van der Waals surface area contributed by atoms with Crippen LogP contribution in [0.15, 0.2) is 36.4 Å². The van der Waals surface area contributed by atoms with Gasteiger partial charge in [-0.2, -0.15) is 0 Å². The minimum atomic E-state index is -0.311. The fraction of sp³-hybridized carbons (Fsp3) is 0.188. The summed E-state index contributed by atoms with van der Waals surface area (Å²) in [4.78, 5) is 12.1. The van der Waals surface area contributed by atoms with Crippen LogP contribution in [-0.2, 0) is 6.54 Å². The average molecular weight is 285 g/mol. The van der Waals surface area contributed by atoms with E-state index in [1.807, 2.05) is 18.2 Å². The Bertz CT molecular complexity index is 697. The number of hydrogen-bond donors (Lipinski definition) is 2. The summed E-state index contributed by atoms with van der Waals surface area (Å²) in [5.74, 6) is 1.09. The minimum absolute atomic E-state index is 0.0145. The summed E-state index contributed by atoms with van der Waals surface area (Å²) in [7, 11) is 0. The molecule has 0 spiro atoms. The monoisotopic (exact) mass is 285 g/mol. The van der Waals surface area contributed by atoms with Crippen molar-refractivity contribution >= 4 is 5.91 Å². The Kier molecular flexibility index (Phi) is 3.39. The van der Waals surface area contributed by atoms with Crippen molar-refractivity contribution in [2.24, 2.45) is 0 Å². The highest BCUT2D eigenvalue weighted by Crippen LogP contribution is 2.32. The van der Waals surface area contributed by atoms with Gasteiger partial charge in [0.05, 0.1) is 5.56 Å². The van der Waals surface area contributed by atoms with Crippen molar-refractivity contribution in [3.63, 3.8) is 0 Å². The SMILES string of the molecule is Cc1cccc(C(=O)NCc2ccc3c(c2)OCO3)c1O. The van der Waals surface area contributed by atoms with Gasteiger partial charge < -0.3 is 19.9 Å². The number of carbonyl (C=O) groups excluding carboxylic acids is 1. The Balaban J connectivity index is 1.70. The Morgan fingerprint density at radius 1 is 1.24 bits per heavy atom. The molecule has 0 unspecified atom stereocenters. The maximum Gasteiger partial charge on any atom is 0.255 e. The summed E-state index contributed by atoms with van der Waals surface area (Å²) in [6, 6.07) is 10.6. The number of rotatable bonds is 3. The molecule has 108 valence electrons. The van der Waals surface area contributed by atoms with E-state index >= 15 is 0 Å². The summed E-state index contributed by atoms with van der Waals surface area (Å²) in [6.45, 7) is 2.33. The number of nitrogens with one attached hydrogen (secondary N) is 1. The molecule has 2 N–H and O–H groups in total. The van der Waals surface area contributed by atoms with E-state index < -0.39 is 0 Å². The second-order valence-electron chi connectivity index (χ2n) is 4.84. The van der Waals surface area contributed by atoms with Gasteiger partial charge in [-0.1, -0.05) is 18.2 Å². The number of amides is 1. The Morgan fingerprint density at radius 3 is 2.90 bits per heavy atom. The van der Waals surface area contributed by atoms with Crippen LogP contribution in [-0.4, -0.2) is 17.8 Å². The lowest BCUT2D eigenvalue weighted by Gasteiger charge is -2.09. The first-order valence-corrected chi connectivity index (χ1v) is 6.60. The van der Waals surface area contributed by atoms with Gasteiger partial charge in [0.25, 0.3) is 5.91 Å². The standard InChI is InChI=1S/C16H15NO4/c1-10-3-2-4-12(15(10)18)16(19)17-8-11-5-6-13-14(7-11)21-9-20-13/h2-7,18H,8-9H2,1H3,(H,17,19). The van der Waals surface area contributed by atoms with Crippen molar-refractivity contribution in [1.82, 2.24) is 5.32 Å². The highest BCUT2D eigenvalue weighted by atomic mass is 16.7. The van der Waals surface area contributed by atoms with Crippen LogP contribution in [0.5, 0.6) is 17.2 Å². The largest absolute Gasteiger partial charge is 0.507 e. The number of benzene rings is 2. The van der Waals surface area contributed by atoms with E-state index in [-0.39, 0.29) is 24.0 Å². The van der Waals surface area contributed by atoms with Crippen LogP contribution in [0.2, 0.25) is 0 Å². The van der Waals surface area contributed by atoms with Crippen molar-refractivity contribution in [2.75, 3.05) is 6.79 Å². The molecule has 3 rings (SSSR count). The molecule has 0 bridgehead atoms. The molecule has 21 heavy (non-hydrogen) atoms. The van der Waals surface area contributed by atoms with E-state index in [1.54, 1.807) is 25.1 Å². The second kappa shape index (κ2) is 5.36. The number of phenolic OH excluding ortho intramolecular Hbond substituents is 1. The first-order chi connectivity index (χ1) is 10.1. The molecule has 1 heterocycles. The number of ether oxygens (including phenoxy) is 2. The lowest BCUT2D eigenvalue weighted by molar-refractivity contribution is 0.0948. The Labute approximate surface area is 122 Å². The number of fused-ring (bicyclic) bond motifs is 1. The fourth-order valence-corrected chi connectivity index (χ4v) is 2.17. The molecule has 1 amide bonds. The first kappa shape index (κ1) is 13.3. The summed E-state index contributed by atoms with van der Waals surface area (Å²) in [6.07, 6.45) is 0. The van der Waals surface area contributed by atoms with Gasteiger partial charge >= 0.3 is 0 Å². The smallest absolute Gasteiger partial charge is 0.255 e. The summed E-state index contributed by atoms with van der Waals surface area (Å²) in [5.41, 5.74) is 1.85. The number of aromatic hydroxyl groups is 1. The van der Waals surface area contributed by atoms with Gasteiger partial charge in [-0.25, -0.2) is 0 Å². The molecule has 5 heteroatoms. The number of hydrogen-bond acceptors (Lipinski definition) is 4. The zero-order chi connectivity index (χ0) is 14.8. The third kappa shape index (κ3) is 2.63. The molecule has 0 saturated heterocycles. The third-order valence-corrected chi connectivity index (χ3v) is 3.37. The lowest BCUT2D eigenvalue weighted by atomic mass is 10.1. The predicted octanol–water partition coefficient (Wildman–Crippen LogP) is 2.36. The van der Waals surface area contributed by atoms with Crippen LogP contribution >= 0.6 is 0 Å².